The highest BCUT2D eigenvalue weighted by Gasteiger charge is 2.40. The number of imide groups is 1. The Morgan fingerprint density at radius 1 is 1.13 bits per heavy atom. The molecule has 1 aliphatic heterocycles. The summed E-state index contributed by atoms with van der Waals surface area (Å²) in [6.45, 7) is 1.78. The van der Waals surface area contributed by atoms with Crippen LogP contribution >= 0.6 is 11.3 Å². The van der Waals surface area contributed by atoms with Crippen LogP contribution in [0.25, 0.3) is 11.1 Å². The normalized spacial score (nSPS) is 13.0. The van der Waals surface area contributed by atoms with E-state index >= 15 is 0 Å². The summed E-state index contributed by atoms with van der Waals surface area (Å²) in [5, 5.41) is 21.5. The van der Waals surface area contributed by atoms with Crippen molar-refractivity contribution in [3.05, 3.63) is 69.6 Å². The van der Waals surface area contributed by atoms with Gasteiger partial charge in [0.2, 0.25) is 5.91 Å². The molecule has 4 N–H and O–H groups in total. The fraction of sp³-hybridized carbons (Fsp3) is 0.154. The first-order valence-electron chi connectivity index (χ1n) is 11.1. The number of ether oxygens (including phenoxy) is 1. The molecule has 1 atom stereocenters. The second-order valence-corrected chi connectivity index (χ2v) is 9.50. The third-order valence-corrected chi connectivity index (χ3v) is 7.01. The second kappa shape index (κ2) is 10.2. The third-order valence-electron chi connectivity index (χ3n) is 5.92. The van der Waals surface area contributed by atoms with Crippen molar-refractivity contribution in [3.8, 4) is 22.9 Å². The maximum atomic E-state index is 13.4. The monoisotopic (exact) mass is 532 g/mol. The molecule has 0 unspecified atom stereocenters. The summed E-state index contributed by atoms with van der Waals surface area (Å²) < 4.78 is 5.18. The number of rotatable bonds is 8. The van der Waals surface area contributed by atoms with E-state index in [1.807, 2.05) is 0 Å². The quantitative estimate of drug-likeness (QED) is 0.370. The molecule has 0 saturated carbocycles. The number of primary amides is 1. The summed E-state index contributed by atoms with van der Waals surface area (Å²) in [7, 11) is 1.53. The lowest BCUT2D eigenvalue weighted by Crippen LogP contribution is -2.43. The molecule has 0 aliphatic carbocycles. The number of carbonyl (C=O) groups excluding carboxylic acids is 4. The summed E-state index contributed by atoms with van der Waals surface area (Å²) >= 11 is 1.12. The number of nitrogens with zero attached hydrogens (tertiary/aromatic N) is 2. The van der Waals surface area contributed by atoms with Crippen molar-refractivity contribution < 1.29 is 33.8 Å². The average molecular weight is 533 g/mol. The minimum atomic E-state index is -1.56. The number of carboxylic acid groups (broad SMARTS) is 1. The van der Waals surface area contributed by atoms with E-state index < -0.39 is 42.1 Å². The molecule has 12 heteroatoms. The van der Waals surface area contributed by atoms with Crippen molar-refractivity contribution >= 4 is 45.9 Å². The molecular weight excluding hydrogens is 512 g/mol. The summed E-state index contributed by atoms with van der Waals surface area (Å²) in [5.41, 5.74) is 6.34. The Hall–Kier alpha value is -5.02. The molecule has 1 aliphatic rings. The number of carbonyl (C=O) groups is 5. The predicted molar refractivity (Wildman–Crippen MR) is 136 cm³/mol. The summed E-state index contributed by atoms with van der Waals surface area (Å²) in [6, 6.07) is 11.3. The lowest BCUT2D eigenvalue weighted by atomic mass is 10.0. The van der Waals surface area contributed by atoms with Gasteiger partial charge in [0.25, 0.3) is 17.7 Å². The lowest BCUT2D eigenvalue weighted by Gasteiger charge is -2.13. The Kier molecular flexibility index (Phi) is 6.96. The molecule has 4 amide bonds. The van der Waals surface area contributed by atoms with Gasteiger partial charge in [0.15, 0.2) is 0 Å². The zero-order valence-electron chi connectivity index (χ0n) is 20.1. The number of nitriles is 1. The van der Waals surface area contributed by atoms with Gasteiger partial charge in [-0.3, -0.25) is 19.2 Å². The van der Waals surface area contributed by atoms with Gasteiger partial charge in [-0.2, -0.15) is 5.26 Å². The van der Waals surface area contributed by atoms with E-state index in [2.05, 4.69) is 11.4 Å². The minimum absolute atomic E-state index is 0.0272. The molecule has 192 valence electrons. The number of thiophene rings is 1. The number of fused-ring (bicyclic) bond motifs is 1. The first-order valence-corrected chi connectivity index (χ1v) is 11.9. The van der Waals surface area contributed by atoms with Gasteiger partial charge in [-0.15, -0.1) is 11.3 Å². The number of aliphatic carboxylic acids is 1. The van der Waals surface area contributed by atoms with Crippen LogP contribution in [0, 0.1) is 18.3 Å². The van der Waals surface area contributed by atoms with Gasteiger partial charge in [0.05, 0.1) is 30.2 Å². The van der Waals surface area contributed by atoms with Crippen LogP contribution in [-0.4, -0.2) is 47.9 Å². The second-order valence-electron chi connectivity index (χ2n) is 8.29. The Bertz CT molecular complexity index is 1550. The van der Waals surface area contributed by atoms with Gasteiger partial charge < -0.3 is 20.9 Å². The number of nitrogens with one attached hydrogen (secondary N) is 1. The van der Waals surface area contributed by atoms with Gasteiger partial charge in [-0.25, -0.2) is 9.69 Å². The van der Waals surface area contributed by atoms with Crippen LogP contribution in [0.15, 0.2) is 42.5 Å². The molecule has 2 aromatic carbocycles. The molecule has 38 heavy (non-hydrogen) atoms. The number of hydrogen-bond acceptors (Lipinski definition) is 8. The van der Waals surface area contributed by atoms with Crippen molar-refractivity contribution in [2.24, 2.45) is 5.73 Å². The Balaban J connectivity index is 1.68. The molecule has 0 fully saturated rings. The van der Waals surface area contributed by atoms with Crippen LogP contribution in [0.4, 0.5) is 5.00 Å². The number of methoxy groups -OCH3 is 1. The van der Waals surface area contributed by atoms with Crippen LogP contribution in [0.5, 0.6) is 5.75 Å². The van der Waals surface area contributed by atoms with Crippen molar-refractivity contribution in [1.29, 1.82) is 5.26 Å². The zero-order chi connectivity index (χ0) is 27.7. The largest absolute Gasteiger partial charge is 0.497 e. The van der Waals surface area contributed by atoms with E-state index in [0.717, 1.165) is 16.2 Å². The Labute approximate surface area is 220 Å². The molecule has 2 heterocycles. The molecule has 0 bridgehead atoms. The molecular formula is C26H20N4O7S. The number of benzene rings is 2. The van der Waals surface area contributed by atoms with Crippen LogP contribution in [0.3, 0.4) is 0 Å². The number of aryl methyl sites for hydroxylation is 1. The highest BCUT2D eigenvalue weighted by atomic mass is 32.1. The lowest BCUT2D eigenvalue weighted by molar-refractivity contribution is -0.140. The first-order chi connectivity index (χ1) is 18.1. The van der Waals surface area contributed by atoms with Gasteiger partial charge >= 0.3 is 5.97 Å². The van der Waals surface area contributed by atoms with Gasteiger partial charge in [0, 0.05) is 16.0 Å². The van der Waals surface area contributed by atoms with Crippen LogP contribution in [0.1, 0.15) is 47.9 Å². The third kappa shape index (κ3) is 4.58. The molecule has 11 nitrogen and oxygen atoms in total. The van der Waals surface area contributed by atoms with Crippen LogP contribution in [0.2, 0.25) is 0 Å². The van der Waals surface area contributed by atoms with Gasteiger partial charge in [-0.1, -0.05) is 12.1 Å². The van der Waals surface area contributed by atoms with E-state index in [-0.39, 0.29) is 27.3 Å². The van der Waals surface area contributed by atoms with Crippen molar-refractivity contribution in [3.63, 3.8) is 0 Å². The number of anilines is 1. The highest BCUT2D eigenvalue weighted by Crippen LogP contribution is 2.44. The van der Waals surface area contributed by atoms with E-state index in [0.29, 0.717) is 21.8 Å². The average Bonchev–Trinajstić information content (AvgIpc) is 3.34. The van der Waals surface area contributed by atoms with Crippen molar-refractivity contribution in [1.82, 2.24) is 5.32 Å². The summed E-state index contributed by atoms with van der Waals surface area (Å²) in [6.07, 6.45) is -0.623. The van der Waals surface area contributed by atoms with Crippen LogP contribution < -0.4 is 20.7 Å². The predicted octanol–water partition coefficient (Wildman–Crippen LogP) is 2.46. The van der Waals surface area contributed by atoms with Crippen molar-refractivity contribution in [2.75, 3.05) is 12.0 Å². The zero-order valence-corrected chi connectivity index (χ0v) is 20.9. The van der Waals surface area contributed by atoms with E-state index in [1.165, 1.54) is 25.3 Å². The molecule has 0 saturated heterocycles. The molecule has 0 spiro atoms. The Morgan fingerprint density at radius 2 is 1.79 bits per heavy atom. The number of hydrogen-bond donors (Lipinski definition) is 3. The number of nitrogens with two attached hydrogens (primary N) is 1. The molecule has 1 aromatic heterocycles. The first kappa shape index (κ1) is 26.1. The number of amides is 4. The molecule has 4 rings (SSSR count). The SMILES string of the molecule is COc1ccc(-c2c(C)sc(N3C(=O)c4ccc(C(=O)N[C@@H](CC(N)=O)C(=O)O)cc4C3=O)c2C#N)cc1. The maximum Gasteiger partial charge on any atom is 0.326 e. The molecule has 3 aromatic rings. The van der Waals surface area contributed by atoms with E-state index in [4.69, 9.17) is 10.5 Å². The minimum Gasteiger partial charge on any atom is -0.497 e. The smallest absolute Gasteiger partial charge is 0.326 e. The molecule has 0 radical (unpaired) electrons. The summed E-state index contributed by atoms with van der Waals surface area (Å²) in [5.74, 6) is -4.01. The van der Waals surface area contributed by atoms with Crippen LogP contribution in [-0.2, 0) is 9.59 Å². The fourth-order valence-corrected chi connectivity index (χ4v) is 5.22. The standard InChI is InChI=1S/C26H20N4O7S/c1-12-21(13-3-6-15(37-2)7-4-13)18(11-27)25(38-12)30-23(33)16-8-5-14(9-17(16)24(30)34)22(32)29-19(26(35)36)10-20(28)31/h3-9,19H,10H2,1-2H3,(H2,28,31)(H,29,32)(H,35,36)/t19-/m0/s1. The number of carboxylic acids is 1. The van der Waals surface area contributed by atoms with Gasteiger partial charge in [-0.05, 0) is 42.8 Å². The highest BCUT2D eigenvalue weighted by molar-refractivity contribution is 7.17. The Morgan fingerprint density at radius 3 is 2.37 bits per heavy atom. The van der Waals surface area contributed by atoms with E-state index in [1.54, 1.807) is 31.2 Å². The summed E-state index contributed by atoms with van der Waals surface area (Å²) in [4.78, 5) is 63.3. The van der Waals surface area contributed by atoms with E-state index in [9.17, 15) is 34.3 Å². The topological polar surface area (TPSA) is 180 Å². The van der Waals surface area contributed by atoms with Gasteiger partial charge in [0.1, 0.15) is 22.9 Å². The van der Waals surface area contributed by atoms with Crippen molar-refractivity contribution in [2.45, 2.75) is 19.4 Å². The fourth-order valence-electron chi connectivity index (χ4n) is 4.11. The maximum absolute atomic E-state index is 13.4.